The molecule has 76 valence electrons. The zero-order chi connectivity index (χ0) is 11.0. The lowest BCUT2D eigenvalue weighted by molar-refractivity contribution is 0.0926. The van der Waals surface area contributed by atoms with Gasteiger partial charge in [0.25, 0.3) is 0 Å². The number of carbonyl (C=O) groups excluding carboxylic acids is 2. The predicted octanol–water partition coefficient (Wildman–Crippen LogP) is 2.27. The Labute approximate surface area is 94.0 Å². The largest absolute Gasteiger partial charge is 0.298 e. The molecule has 0 spiro atoms. The molecule has 1 aromatic heterocycles. The van der Waals surface area contributed by atoms with Gasteiger partial charge in [-0.05, 0) is 12.1 Å². The molecule has 0 aliphatic carbocycles. The second-order valence-electron chi connectivity index (χ2n) is 3.12. The smallest absolute Gasteiger partial charge is 0.244 e. The van der Waals surface area contributed by atoms with Crippen molar-refractivity contribution in [1.29, 1.82) is 0 Å². The van der Waals surface area contributed by atoms with Gasteiger partial charge in [-0.2, -0.15) is 5.10 Å². The molecule has 2 rings (SSSR count). The number of halogens is 1. The maximum atomic E-state index is 11.2. The first-order chi connectivity index (χ1) is 7.13. The Morgan fingerprint density at radius 3 is 2.87 bits per heavy atom. The summed E-state index contributed by atoms with van der Waals surface area (Å²) in [7, 11) is 0. The van der Waals surface area contributed by atoms with Crippen LogP contribution in [0.3, 0.4) is 0 Å². The molecule has 0 saturated heterocycles. The molecule has 0 saturated carbocycles. The van der Waals surface area contributed by atoms with E-state index >= 15 is 0 Å². The second-order valence-corrected chi connectivity index (χ2v) is 4.04. The molecule has 0 fully saturated rings. The van der Waals surface area contributed by atoms with Gasteiger partial charge in [0.2, 0.25) is 5.91 Å². The van der Waals surface area contributed by atoms with Crippen LogP contribution in [0.5, 0.6) is 0 Å². The van der Waals surface area contributed by atoms with E-state index in [1.54, 1.807) is 12.1 Å². The van der Waals surface area contributed by atoms with Gasteiger partial charge in [0, 0.05) is 22.3 Å². The van der Waals surface area contributed by atoms with Crippen LogP contribution in [0.1, 0.15) is 22.1 Å². The van der Waals surface area contributed by atoms with Crippen molar-refractivity contribution in [3.8, 4) is 0 Å². The summed E-state index contributed by atoms with van der Waals surface area (Å²) in [6, 6.07) is 3.46. The zero-order valence-corrected chi connectivity index (χ0v) is 9.48. The molecule has 5 heteroatoms. The molecule has 0 atom stereocenters. The van der Waals surface area contributed by atoms with E-state index in [2.05, 4.69) is 21.0 Å². The van der Waals surface area contributed by atoms with Gasteiger partial charge in [-0.15, -0.1) is 0 Å². The van der Waals surface area contributed by atoms with E-state index in [1.165, 1.54) is 17.8 Å². The van der Waals surface area contributed by atoms with Crippen LogP contribution in [-0.2, 0) is 0 Å². The van der Waals surface area contributed by atoms with E-state index in [0.717, 1.165) is 10.8 Å². The first-order valence-corrected chi connectivity index (χ1v) is 5.06. The van der Waals surface area contributed by atoms with Crippen LogP contribution in [0.15, 0.2) is 22.8 Å². The van der Waals surface area contributed by atoms with Crippen LogP contribution in [0.2, 0.25) is 0 Å². The number of hydrogen-bond donors (Lipinski definition) is 0. The van der Waals surface area contributed by atoms with Crippen LogP contribution in [0.25, 0.3) is 10.9 Å². The average molecular weight is 267 g/mol. The lowest BCUT2D eigenvalue weighted by atomic mass is 10.1. The fraction of sp³-hybridized carbons (Fsp3) is 0.100. The van der Waals surface area contributed by atoms with E-state index in [9.17, 15) is 9.59 Å². The number of benzene rings is 1. The first kappa shape index (κ1) is 10.0. The summed E-state index contributed by atoms with van der Waals surface area (Å²) in [5, 5.41) is 4.62. The summed E-state index contributed by atoms with van der Waals surface area (Å²) in [6.45, 7) is 1.42. The van der Waals surface area contributed by atoms with Crippen molar-refractivity contribution in [2.75, 3.05) is 0 Å². The van der Waals surface area contributed by atoms with E-state index in [0.29, 0.717) is 16.5 Å². The molecular formula is C10H7BrN2O2. The second kappa shape index (κ2) is 3.58. The van der Waals surface area contributed by atoms with Gasteiger partial charge in [-0.25, -0.2) is 4.68 Å². The Hall–Kier alpha value is -1.49. The number of aldehydes is 1. The van der Waals surface area contributed by atoms with Crippen LogP contribution < -0.4 is 0 Å². The molecule has 0 aliphatic heterocycles. The molecule has 0 bridgehead atoms. The van der Waals surface area contributed by atoms with Gasteiger partial charge in [0.1, 0.15) is 0 Å². The minimum absolute atomic E-state index is 0.181. The molecule has 0 N–H and O–H groups in total. The summed E-state index contributed by atoms with van der Waals surface area (Å²) in [4.78, 5) is 22.0. The number of fused-ring (bicyclic) bond motifs is 1. The first-order valence-electron chi connectivity index (χ1n) is 4.27. The third-order valence-electron chi connectivity index (χ3n) is 2.11. The number of hydrogen-bond acceptors (Lipinski definition) is 3. The molecule has 0 amide bonds. The molecule has 0 unspecified atom stereocenters. The van der Waals surface area contributed by atoms with E-state index < -0.39 is 0 Å². The standard InChI is InChI=1S/C10H7BrN2O2/c1-6(15)13-10-3-8(11)2-7(5-14)9(10)4-12-13/h2-5H,1H3. The van der Waals surface area contributed by atoms with E-state index in [1.807, 2.05) is 0 Å². The van der Waals surface area contributed by atoms with Crippen molar-refractivity contribution in [3.63, 3.8) is 0 Å². The molecule has 15 heavy (non-hydrogen) atoms. The number of nitrogens with zero attached hydrogens (tertiary/aromatic N) is 2. The van der Waals surface area contributed by atoms with Crippen molar-refractivity contribution in [2.24, 2.45) is 0 Å². The van der Waals surface area contributed by atoms with Crippen LogP contribution in [-0.4, -0.2) is 22.0 Å². The van der Waals surface area contributed by atoms with E-state index in [4.69, 9.17) is 0 Å². The Morgan fingerprint density at radius 1 is 1.53 bits per heavy atom. The summed E-state index contributed by atoms with van der Waals surface area (Å²) < 4.78 is 2.02. The minimum Gasteiger partial charge on any atom is -0.298 e. The fourth-order valence-corrected chi connectivity index (χ4v) is 1.93. The maximum absolute atomic E-state index is 11.2. The fourth-order valence-electron chi connectivity index (χ4n) is 1.47. The zero-order valence-electron chi connectivity index (χ0n) is 7.90. The minimum atomic E-state index is -0.181. The van der Waals surface area contributed by atoms with Gasteiger partial charge in [0.05, 0.1) is 11.7 Å². The molecule has 1 heterocycles. The van der Waals surface area contributed by atoms with Crippen molar-refractivity contribution in [2.45, 2.75) is 6.92 Å². The number of rotatable bonds is 1. The van der Waals surface area contributed by atoms with Gasteiger partial charge >= 0.3 is 0 Å². The Balaban J connectivity index is 2.86. The molecule has 0 radical (unpaired) electrons. The van der Waals surface area contributed by atoms with Crippen molar-refractivity contribution in [1.82, 2.24) is 9.78 Å². The third kappa shape index (κ3) is 1.59. The van der Waals surface area contributed by atoms with Gasteiger partial charge in [0.15, 0.2) is 6.29 Å². The normalized spacial score (nSPS) is 10.5. The highest BCUT2D eigenvalue weighted by molar-refractivity contribution is 9.10. The highest BCUT2D eigenvalue weighted by atomic mass is 79.9. The third-order valence-corrected chi connectivity index (χ3v) is 2.57. The lowest BCUT2D eigenvalue weighted by Crippen LogP contribution is -2.06. The average Bonchev–Trinajstić information content (AvgIpc) is 2.59. The summed E-state index contributed by atoms with van der Waals surface area (Å²) in [6.07, 6.45) is 2.27. The maximum Gasteiger partial charge on any atom is 0.244 e. The highest BCUT2D eigenvalue weighted by Gasteiger charge is 2.10. The van der Waals surface area contributed by atoms with Crippen LogP contribution in [0.4, 0.5) is 0 Å². The molecule has 2 aromatic rings. The quantitative estimate of drug-likeness (QED) is 0.745. The number of carbonyl (C=O) groups is 2. The Bertz CT molecular complexity index is 560. The van der Waals surface area contributed by atoms with Gasteiger partial charge in [-0.1, -0.05) is 15.9 Å². The van der Waals surface area contributed by atoms with E-state index in [-0.39, 0.29) is 5.91 Å². The monoisotopic (exact) mass is 266 g/mol. The highest BCUT2D eigenvalue weighted by Crippen LogP contribution is 2.23. The number of aromatic nitrogens is 2. The molecule has 0 aliphatic rings. The van der Waals surface area contributed by atoms with Gasteiger partial charge < -0.3 is 0 Å². The van der Waals surface area contributed by atoms with Crippen LogP contribution in [0, 0.1) is 0 Å². The van der Waals surface area contributed by atoms with Crippen molar-refractivity contribution in [3.05, 3.63) is 28.4 Å². The molecular weight excluding hydrogens is 260 g/mol. The lowest BCUT2D eigenvalue weighted by Gasteiger charge is -1.99. The van der Waals surface area contributed by atoms with Crippen molar-refractivity contribution >= 4 is 39.0 Å². The topological polar surface area (TPSA) is 52.0 Å². The van der Waals surface area contributed by atoms with Gasteiger partial charge in [-0.3, -0.25) is 9.59 Å². The molecule has 1 aromatic carbocycles. The SMILES string of the molecule is CC(=O)n1ncc2c(C=O)cc(Br)cc21. The predicted molar refractivity (Wildman–Crippen MR) is 59.1 cm³/mol. The summed E-state index contributed by atoms with van der Waals surface area (Å²) >= 11 is 3.28. The van der Waals surface area contributed by atoms with Crippen molar-refractivity contribution < 1.29 is 9.59 Å². The summed E-state index contributed by atoms with van der Waals surface area (Å²) in [5.74, 6) is -0.181. The Kier molecular flexibility index (Phi) is 2.40. The summed E-state index contributed by atoms with van der Waals surface area (Å²) in [5.41, 5.74) is 1.16. The Morgan fingerprint density at radius 2 is 2.27 bits per heavy atom. The molecule has 4 nitrogen and oxygen atoms in total. The van der Waals surface area contributed by atoms with Crippen LogP contribution >= 0.6 is 15.9 Å².